The van der Waals surface area contributed by atoms with Crippen molar-refractivity contribution in [3.8, 4) is 5.88 Å². The van der Waals surface area contributed by atoms with E-state index in [9.17, 15) is 4.39 Å². The van der Waals surface area contributed by atoms with Gasteiger partial charge in [-0.3, -0.25) is 0 Å². The molecule has 0 atom stereocenters. The number of rotatable bonds is 4. The quantitative estimate of drug-likeness (QED) is 0.943. The van der Waals surface area contributed by atoms with Crippen molar-refractivity contribution >= 4 is 21.7 Å². The first-order valence-corrected chi connectivity index (χ1v) is 6.02. The SMILES string of the molecule is COc1cc(NCc2cc(F)ccc2Br)ncn1. The monoisotopic (exact) mass is 311 g/mol. The summed E-state index contributed by atoms with van der Waals surface area (Å²) in [7, 11) is 1.54. The van der Waals surface area contributed by atoms with Crippen LogP contribution >= 0.6 is 15.9 Å². The fourth-order valence-electron chi connectivity index (χ4n) is 1.41. The average molecular weight is 312 g/mol. The Morgan fingerprint density at radius 3 is 2.94 bits per heavy atom. The molecule has 2 aromatic rings. The van der Waals surface area contributed by atoms with Crippen LogP contribution in [0.5, 0.6) is 5.88 Å². The molecule has 0 spiro atoms. The van der Waals surface area contributed by atoms with E-state index in [1.165, 1.54) is 25.6 Å². The summed E-state index contributed by atoms with van der Waals surface area (Å²) in [6, 6.07) is 6.22. The van der Waals surface area contributed by atoms with Crippen LogP contribution in [0.1, 0.15) is 5.56 Å². The number of anilines is 1. The zero-order valence-electron chi connectivity index (χ0n) is 9.65. The van der Waals surface area contributed by atoms with Gasteiger partial charge >= 0.3 is 0 Å². The van der Waals surface area contributed by atoms with Crippen molar-refractivity contribution in [1.82, 2.24) is 9.97 Å². The molecule has 1 N–H and O–H groups in total. The number of aromatic nitrogens is 2. The van der Waals surface area contributed by atoms with Gasteiger partial charge in [0.1, 0.15) is 18.0 Å². The molecule has 0 bridgehead atoms. The molecule has 1 heterocycles. The van der Waals surface area contributed by atoms with Gasteiger partial charge in [0.2, 0.25) is 5.88 Å². The van der Waals surface area contributed by atoms with Crippen molar-refractivity contribution < 1.29 is 9.13 Å². The highest BCUT2D eigenvalue weighted by Gasteiger charge is 2.03. The molecule has 1 aromatic carbocycles. The fraction of sp³-hybridized carbons (Fsp3) is 0.167. The van der Waals surface area contributed by atoms with Crippen LogP contribution in [0, 0.1) is 5.82 Å². The molecule has 2 rings (SSSR count). The predicted molar refractivity (Wildman–Crippen MR) is 70.0 cm³/mol. The van der Waals surface area contributed by atoms with Crippen molar-refractivity contribution in [2.75, 3.05) is 12.4 Å². The van der Waals surface area contributed by atoms with E-state index in [0.29, 0.717) is 18.2 Å². The van der Waals surface area contributed by atoms with Gasteiger partial charge in [-0.1, -0.05) is 15.9 Å². The normalized spacial score (nSPS) is 10.2. The molecule has 0 saturated carbocycles. The molecular weight excluding hydrogens is 301 g/mol. The highest BCUT2D eigenvalue weighted by Crippen LogP contribution is 2.19. The Bertz CT molecular complexity index is 551. The summed E-state index contributed by atoms with van der Waals surface area (Å²) in [6.07, 6.45) is 1.40. The van der Waals surface area contributed by atoms with Crippen LogP contribution in [-0.2, 0) is 6.54 Å². The number of hydrogen-bond donors (Lipinski definition) is 1. The minimum Gasteiger partial charge on any atom is -0.481 e. The first-order chi connectivity index (χ1) is 8.69. The molecule has 0 fully saturated rings. The van der Waals surface area contributed by atoms with Crippen molar-refractivity contribution in [3.05, 3.63) is 46.4 Å². The molecule has 18 heavy (non-hydrogen) atoms. The first kappa shape index (κ1) is 12.8. The lowest BCUT2D eigenvalue weighted by Gasteiger charge is -2.08. The van der Waals surface area contributed by atoms with E-state index in [1.807, 2.05) is 0 Å². The van der Waals surface area contributed by atoms with Gasteiger partial charge in [-0.25, -0.2) is 14.4 Å². The third kappa shape index (κ3) is 3.16. The van der Waals surface area contributed by atoms with E-state index in [4.69, 9.17) is 4.74 Å². The van der Waals surface area contributed by atoms with Crippen molar-refractivity contribution in [1.29, 1.82) is 0 Å². The first-order valence-electron chi connectivity index (χ1n) is 5.23. The van der Waals surface area contributed by atoms with E-state index in [0.717, 1.165) is 10.0 Å². The Hall–Kier alpha value is -1.69. The smallest absolute Gasteiger partial charge is 0.218 e. The largest absolute Gasteiger partial charge is 0.481 e. The van der Waals surface area contributed by atoms with Crippen LogP contribution in [-0.4, -0.2) is 17.1 Å². The third-order valence-electron chi connectivity index (χ3n) is 2.32. The Morgan fingerprint density at radius 1 is 1.33 bits per heavy atom. The van der Waals surface area contributed by atoms with E-state index >= 15 is 0 Å². The van der Waals surface area contributed by atoms with Crippen molar-refractivity contribution in [2.45, 2.75) is 6.54 Å². The molecule has 0 aliphatic heterocycles. The Labute approximate surface area is 112 Å². The predicted octanol–water partition coefficient (Wildman–Crippen LogP) is 3.00. The summed E-state index contributed by atoms with van der Waals surface area (Å²) in [5.74, 6) is 0.832. The van der Waals surface area contributed by atoms with Gasteiger partial charge in [-0.15, -0.1) is 0 Å². The molecule has 94 valence electrons. The van der Waals surface area contributed by atoms with Gasteiger partial charge in [0.15, 0.2) is 0 Å². The average Bonchev–Trinajstić information content (AvgIpc) is 2.40. The van der Waals surface area contributed by atoms with Crippen LogP contribution < -0.4 is 10.1 Å². The second kappa shape index (κ2) is 5.77. The number of ether oxygens (including phenoxy) is 1. The Morgan fingerprint density at radius 2 is 2.17 bits per heavy atom. The number of methoxy groups -OCH3 is 1. The van der Waals surface area contributed by atoms with Crippen LogP contribution in [0.2, 0.25) is 0 Å². The molecule has 1 aromatic heterocycles. The number of hydrogen-bond acceptors (Lipinski definition) is 4. The number of benzene rings is 1. The minimum absolute atomic E-state index is 0.268. The van der Waals surface area contributed by atoms with Crippen LogP contribution in [0.4, 0.5) is 10.2 Å². The number of halogens is 2. The standard InChI is InChI=1S/C12H11BrFN3O/c1-18-12-5-11(16-7-17-12)15-6-8-4-9(14)2-3-10(8)13/h2-5,7H,6H2,1H3,(H,15,16,17). The molecular formula is C12H11BrFN3O. The van der Waals surface area contributed by atoms with Crippen molar-refractivity contribution in [3.63, 3.8) is 0 Å². The molecule has 6 heteroatoms. The summed E-state index contributed by atoms with van der Waals surface area (Å²) in [5.41, 5.74) is 0.813. The zero-order chi connectivity index (χ0) is 13.0. The second-order valence-electron chi connectivity index (χ2n) is 3.53. The lowest BCUT2D eigenvalue weighted by Crippen LogP contribution is -2.03. The lowest BCUT2D eigenvalue weighted by molar-refractivity contribution is 0.397. The van der Waals surface area contributed by atoms with E-state index in [1.54, 1.807) is 12.1 Å². The van der Waals surface area contributed by atoms with Gasteiger partial charge in [0, 0.05) is 17.1 Å². The topological polar surface area (TPSA) is 47.0 Å². The maximum atomic E-state index is 13.1. The van der Waals surface area contributed by atoms with Gasteiger partial charge in [-0.05, 0) is 23.8 Å². The summed E-state index contributed by atoms with van der Waals surface area (Å²) < 4.78 is 18.9. The maximum Gasteiger partial charge on any atom is 0.218 e. The molecule has 4 nitrogen and oxygen atoms in total. The summed E-state index contributed by atoms with van der Waals surface area (Å²) in [6.45, 7) is 0.457. The molecule has 0 aliphatic rings. The maximum absolute atomic E-state index is 13.1. The molecule has 0 unspecified atom stereocenters. The molecule has 0 aliphatic carbocycles. The molecule has 0 radical (unpaired) electrons. The minimum atomic E-state index is -0.268. The van der Waals surface area contributed by atoms with E-state index < -0.39 is 0 Å². The zero-order valence-corrected chi connectivity index (χ0v) is 11.2. The number of nitrogens with one attached hydrogen (secondary N) is 1. The van der Waals surface area contributed by atoms with Crippen LogP contribution in [0.3, 0.4) is 0 Å². The van der Waals surface area contributed by atoms with Gasteiger partial charge < -0.3 is 10.1 Å². The lowest BCUT2D eigenvalue weighted by atomic mass is 10.2. The highest BCUT2D eigenvalue weighted by molar-refractivity contribution is 9.10. The van der Waals surface area contributed by atoms with Gasteiger partial charge in [0.25, 0.3) is 0 Å². The van der Waals surface area contributed by atoms with E-state index in [-0.39, 0.29) is 5.82 Å². The summed E-state index contributed by atoms with van der Waals surface area (Å²) >= 11 is 3.37. The van der Waals surface area contributed by atoms with E-state index in [2.05, 4.69) is 31.2 Å². The Balaban J connectivity index is 2.08. The number of nitrogens with zero attached hydrogens (tertiary/aromatic N) is 2. The molecule has 0 saturated heterocycles. The summed E-state index contributed by atoms with van der Waals surface area (Å²) in [5, 5.41) is 3.08. The van der Waals surface area contributed by atoms with Crippen molar-refractivity contribution in [2.24, 2.45) is 0 Å². The highest BCUT2D eigenvalue weighted by atomic mass is 79.9. The Kier molecular flexibility index (Phi) is 4.09. The van der Waals surface area contributed by atoms with Gasteiger partial charge in [0.05, 0.1) is 7.11 Å². The third-order valence-corrected chi connectivity index (χ3v) is 3.09. The van der Waals surface area contributed by atoms with Gasteiger partial charge in [-0.2, -0.15) is 0 Å². The second-order valence-corrected chi connectivity index (χ2v) is 4.39. The fourth-order valence-corrected chi connectivity index (χ4v) is 1.80. The van der Waals surface area contributed by atoms with Crippen LogP contribution in [0.15, 0.2) is 35.1 Å². The molecule has 0 amide bonds. The van der Waals surface area contributed by atoms with Crippen LogP contribution in [0.25, 0.3) is 0 Å². The summed E-state index contributed by atoms with van der Waals surface area (Å²) in [4.78, 5) is 7.95.